The summed E-state index contributed by atoms with van der Waals surface area (Å²) in [4.78, 5) is 15.2. The van der Waals surface area contributed by atoms with Gasteiger partial charge in [0.1, 0.15) is 0 Å². The summed E-state index contributed by atoms with van der Waals surface area (Å²) in [7, 11) is 0. The fourth-order valence-corrected chi connectivity index (χ4v) is 10.2. The van der Waals surface area contributed by atoms with Gasteiger partial charge in [0.25, 0.3) is 0 Å². The van der Waals surface area contributed by atoms with Crippen molar-refractivity contribution in [3.8, 4) is 56.4 Å². The highest BCUT2D eigenvalue weighted by atomic mass is 32.1. The number of nitrogens with zero attached hydrogens (tertiary/aromatic N) is 3. The second-order valence-electron chi connectivity index (χ2n) is 15.1. The summed E-state index contributed by atoms with van der Waals surface area (Å²) in [5.41, 5.74) is 7.57. The molecular formula is C55H33N3S. The van der Waals surface area contributed by atoms with Gasteiger partial charge < -0.3 is 0 Å². The van der Waals surface area contributed by atoms with Crippen LogP contribution in [0.3, 0.4) is 0 Å². The zero-order valence-corrected chi connectivity index (χ0v) is 32.6. The molecule has 2 aromatic heterocycles. The molecule has 0 unspecified atom stereocenters. The third kappa shape index (κ3) is 5.53. The van der Waals surface area contributed by atoms with Crippen LogP contribution in [0.25, 0.3) is 120 Å². The van der Waals surface area contributed by atoms with E-state index >= 15 is 0 Å². The normalized spacial score (nSPS) is 11.7. The van der Waals surface area contributed by atoms with E-state index in [1.807, 2.05) is 29.5 Å². The van der Waals surface area contributed by atoms with Gasteiger partial charge in [0.05, 0.1) is 0 Å². The van der Waals surface area contributed by atoms with E-state index in [4.69, 9.17) is 15.0 Å². The van der Waals surface area contributed by atoms with Crippen molar-refractivity contribution in [1.82, 2.24) is 15.0 Å². The average molecular weight is 768 g/mol. The maximum absolute atomic E-state index is 5.12. The highest BCUT2D eigenvalue weighted by molar-refractivity contribution is 7.26. The van der Waals surface area contributed by atoms with Crippen LogP contribution >= 0.6 is 11.3 Å². The lowest BCUT2D eigenvalue weighted by molar-refractivity contribution is 1.07. The average Bonchev–Trinajstić information content (AvgIpc) is 3.71. The quantitative estimate of drug-likeness (QED) is 0.164. The van der Waals surface area contributed by atoms with Gasteiger partial charge in [-0.05, 0) is 77.5 Å². The first-order valence-corrected chi connectivity index (χ1v) is 20.8. The largest absolute Gasteiger partial charge is 0.208 e. The first-order chi connectivity index (χ1) is 29.2. The minimum absolute atomic E-state index is 0.639. The van der Waals surface area contributed by atoms with Crippen molar-refractivity contribution in [3.05, 3.63) is 200 Å². The fourth-order valence-electron chi connectivity index (χ4n) is 8.93. The van der Waals surface area contributed by atoms with Gasteiger partial charge in [0.15, 0.2) is 17.5 Å². The molecule has 0 aliphatic heterocycles. The SMILES string of the molecule is c1ccc(-c2nc(-c3ccc(-c4cc5c6ccccc6c6ccccc6c5c5ccccc45)cc3)nc(-c3ccc(-c4cccc5c4sc4ccccc45)cc3)n2)cc1. The zero-order valence-electron chi connectivity index (χ0n) is 31.8. The summed E-state index contributed by atoms with van der Waals surface area (Å²) in [6.07, 6.45) is 0. The number of rotatable bonds is 5. The molecule has 0 spiro atoms. The predicted molar refractivity (Wildman–Crippen MR) is 250 cm³/mol. The Bertz CT molecular complexity index is 3590. The molecule has 12 aromatic rings. The number of benzene rings is 10. The van der Waals surface area contributed by atoms with E-state index in [0.717, 1.165) is 22.3 Å². The molecule has 4 heteroatoms. The summed E-state index contributed by atoms with van der Waals surface area (Å²) in [6, 6.07) is 71.6. The number of fused-ring (bicyclic) bond motifs is 11. The van der Waals surface area contributed by atoms with Crippen molar-refractivity contribution < 1.29 is 0 Å². The summed E-state index contributed by atoms with van der Waals surface area (Å²) in [5, 5.41) is 12.7. The summed E-state index contributed by atoms with van der Waals surface area (Å²) < 4.78 is 2.61. The van der Waals surface area contributed by atoms with Crippen LogP contribution in [0.1, 0.15) is 0 Å². The van der Waals surface area contributed by atoms with Gasteiger partial charge in [-0.1, -0.05) is 188 Å². The minimum Gasteiger partial charge on any atom is -0.208 e. The van der Waals surface area contributed by atoms with Crippen molar-refractivity contribution in [2.45, 2.75) is 0 Å². The Morgan fingerprint density at radius 3 is 1.32 bits per heavy atom. The smallest absolute Gasteiger partial charge is 0.164 e. The third-order valence-electron chi connectivity index (χ3n) is 11.7. The van der Waals surface area contributed by atoms with Gasteiger partial charge in [0, 0.05) is 36.9 Å². The zero-order chi connectivity index (χ0) is 38.9. The van der Waals surface area contributed by atoms with Crippen LogP contribution in [0, 0.1) is 0 Å². The van der Waals surface area contributed by atoms with Crippen LogP contribution in [-0.2, 0) is 0 Å². The molecule has 274 valence electrons. The van der Waals surface area contributed by atoms with Crippen molar-refractivity contribution in [2.75, 3.05) is 0 Å². The molecule has 0 aliphatic carbocycles. The highest BCUT2D eigenvalue weighted by Crippen LogP contribution is 2.43. The van der Waals surface area contributed by atoms with E-state index in [1.165, 1.54) is 80.0 Å². The molecule has 0 bridgehead atoms. The first-order valence-electron chi connectivity index (χ1n) is 19.9. The Kier molecular flexibility index (Phi) is 7.72. The molecule has 59 heavy (non-hydrogen) atoms. The van der Waals surface area contributed by atoms with Gasteiger partial charge in [0.2, 0.25) is 0 Å². The van der Waals surface area contributed by atoms with Crippen LogP contribution in [0.15, 0.2) is 200 Å². The number of hydrogen-bond acceptors (Lipinski definition) is 4. The minimum atomic E-state index is 0.639. The van der Waals surface area contributed by atoms with Crippen LogP contribution in [-0.4, -0.2) is 15.0 Å². The standard InChI is InChI=1S/C55H33N3S/c1-2-13-36(14-3-1)53-56-54(37-29-25-34(26-30-37)39-22-12-23-47-44-19-10-11-24-50(44)59-52(39)47)58-55(57-53)38-31-27-35(28-32-38)48-33-49-42-17-5-4-15-40(42)41-16-6-8-20-45(41)51(49)46-21-9-7-18-43(46)48/h1-33H. The maximum Gasteiger partial charge on any atom is 0.164 e. The molecule has 0 radical (unpaired) electrons. The summed E-state index contributed by atoms with van der Waals surface area (Å²) in [5.74, 6) is 1.93. The number of aromatic nitrogens is 3. The topological polar surface area (TPSA) is 38.7 Å². The van der Waals surface area contributed by atoms with Gasteiger partial charge in [-0.2, -0.15) is 0 Å². The van der Waals surface area contributed by atoms with E-state index < -0.39 is 0 Å². The monoisotopic (exact) mass is 767 g/mol. The molecule has 10 aromatic carbocycles. The van der Waals surface area contributed by atoms with Crippen LogP contribution < -0.4 is 0 Å². The van der Waals surface area contributed by atoms with Crippen molar-refractivity contribution in [3.63, 3.8) is 0 Å². The van der Waals surface area contributed by atoms with Crippen molar-refractivity contribution in [2.24, 2.45) is 0 Å². The first kappa shape index (κ1) is 33.6. The Morgan fingerprint density at radius 2 is 0.695 bits per heavy atom. The molecule has 0 saturated heterocycles. The number of thiophene rings is 1. The predicted octanol–water partition coefficient (Wildman–Crippen LogP) is 15.2. The van der Waals surface area contributed by atoms with Gasteiger partial charge in [-0.3, -0.25) is 0 Å². The van der Waals surface area contributed by atoms with E-state index in [0.29, 0.717) is 17.5 Å². The van der Waals surface area contributed by atoms with E-state index in [9.17, 15) is 0 Å². The molecule has 0 saturated carbocycles. The molecule has 0 amide bonds. The molecule has 0 atom stereocenters. The lowest BCUT2D eigenvalue weighted by atomic mass is 9.87. The van der Waals surface area contributed by atoms with Crippen LogP contribution in [0.5, 0.6) is 0 Å². The molecule has 12 rings (SSSR count). The molecular weight excluding hydrogens is 735 g/mol. The van der Waals surface area contributed by atoms with Gasteiger partial charge in [-0.15, -0.1) is 11.3 Å². The number of hydrogen-bond donors (Lipinski definition) is 0. The van der Waals surface area contributed by atoms with Gasteiger partial charge in [-0.25, -0.2) is 15.0 Å². The molecule has 2 heterocycles. The second-order valence-corrected chi connectivity index (χ2v) is 16.1. The van der Waals surface area contributed by atoms with Crippen molar-refractivity contribution >= 4 is 74.6 Å². The Morgan fingerprint density at radius 1 is 0.271 bits per heavy atom. The Labute approximate surface area is 344 Å². The molecule has 0 fully saturated rings. The molecule has 0 N–H and O–H groups in total. The van der Waals surface area contributed by atoms with E-state index in [1.54, 1.807) is 0 Å². The lowest BCUT2D eigenvalue weighted by Gasteiger charge is -2.16. The fraction of sp³-hybridized carbons (Fsp3) is 0. The Balaban J connectivity index is 0.967. The Hall–Kier alpha value is -7.53. The maximum atomic E-state index is 5.12. The summed E-state index contributed by atoms with van der Waals surface area (Å²) >= 11 is 1.85. The van der Waals surface area contributed by atoms with E-state index in [-0.39, 0.29) is 0 Å². The molecule has 0 aliphatic rings. The van der Waals surface area contributed by atoms with Crippen molar-refractivity contribution in [1.29, 1.82) is 0 Å². The van der Waals surface area contributed by atoms with Crippen LogP contribution in [0.2, 0.25) is 0 Å². The molecule has 3 nitrogen and oxygen atoms in total. The van der Waals surface area contributed by atoms with Gasteiger partial charge >= 0.3 is 0 Å². The third-order valence-corrected chi connectivity index (χ3v) is 12.9. The second kappa shape index (κ2) is 13.6. The van der Waals surface area contributed by atoms with Crippen LogP contribution in [0.4, 0.5) is 0 Å². The highest BCUT2D eigenvalue weighted by Gasteiger charge is 2.17. The summed E-state index contributed by atoms with van der Waals surface area (Å²) in [6.45, 7) is 0. The van der Waals surface area contributed by atoms with E-state index in [2.05, 4.69) is 182 Å². The lowest BCUT2D eigenvalue weighted by Crippen LogP contribution is -2.00.